The standard InChI is InChI=1S/C37H39F2N3O2/c1-4-5-21-42-34(35(31-15-10-16-33(23-31)43-3)40-36(42)30-13-7-6-8-14-30)26-41(25-29-12-9-11-27(2)22-29)24-28-17-19-32(20-18-28)44-37(38)39/h6-20,22-23,37H,4-5,21,24-26H2,1-3H3. The van der Waals surface area contributed by atoms with E-state index in [9.17, 15) is 8.78 Å². The van der Waals surface area contributed by atoms with Crippen molar-refractivity contribution in [2.24, 2.45) is 0 Å². The van der Waals surface area contributed by atoms with Crippen molar-refractivity contribution in [3.63, 3.8) is 0 Å². The second-order valence-electron chi connectivity index (χ2n) is 11.0. The zero-order valence-corrected chi connectivity index (χ0v) is 25.5. The first-order chi connectivity index (χ1) is 21.4. The van der Waals surface area contributed by atoms with Crippen LogP contribution in [0.2, 0.25) is 0 Å². The normalized spacial score (nSPS) is 11.3. The molecule has 0 unspecified atom stereocenters. The lowest BCUT2D eigenvalue weighted by atomic mass is 10.1. The molecule has 0 saturated heterocycles. The Labute approximate surface area is 258 Å². The van der Waals surface area contributed by atoms with Crippen LogP contribution in [0, 0.1) is 6.92 Å². The third kappa shape index (κ3) is 7.91. The maximum absolute atomic E-state index is 12.8. The van der Waals surface area contributed by atoms with Crippen LogP contribution in [0.3, 0.4) is 0 Å². The summed E-state index contributed by atoms with van der Waals surface area (Å²) in [5.74, 6) is 1.87. The molecule has 0 spiro atoms. The van der Waals surface area contributed by atoms with Crippen molar-refractivity contribution in [1.82, 2.24) is 14.5 Å². The Hall–Kier alpha value is -4.49. The van der Waals surface area contributed by atoms with Crippen molar-refractivity contribution in [1.29, 1.82) is 0 Å². The van der Waals surface area contributed by atoms with Crippen molar-refractivity contribution in [2.75, 3.05) is 7.11 Å². The highest BCUT2D eigenvalue weighted by Crippen LogP contribution is 2.33. The first-order valence-corrected chi connectivity index (χ1v) is 15.0. The second-order valence-corrected chi connectivity index (χ2v) is 11.0. The van der Waals surface area contributed by atoms with Gasteiger partial charge in [0.05, 0.1) is 18.5 Å². The lowest BCUT2D eigenvalue weighted by Crippen LogP contribution is -2.24. The van der Waals surface area contributed by atoms with Crippen LogP contribution in [-0.4, -0.2) is 28.2 Å². The van der Waals surface area contributed by atoms with Crippen molar-refractivity contribution in [3.05, 3.63) is 126 Å². The monoisotopic (exact) mass is 595 g/mol. The van der Waals surface area contributed by atoms with E-state index in [1.165, 1.54) is 11.1 Å². The van der Waals surface area contributed by atoms with Gasteiger partial charge in [-0.2, -0.15) is 8.78 Å². The highest BCUT2D eigenvalue weighted by molar-refractivity contribution is 5.69. The van der Waals surface area contributed by atoms with Gasteiger partial charge >= 0.3 is 6.61 Å². The zero-order valence-electron chi connectivity index (χ0n) is 25.5. The second kappa shape index (κ2) is 14.8. The molecule has 0 aliphatic carbocycles. The zero-order chi connectivity index (χ0) is 30.9. The Balaban J connectivity index is 1.60. The molecule has 1 aromatic heterocycles. The van der Waals surface area contributed by atoms with Crippen molar-refractivity contribution in [2.45, 2.75) is 59.5 Å². The minimum Gasteiger partial charge on any atom is -0.497 e. The van der Waals surface area contributed by atoms with Gasteiger partial charge < -0.3 is 14.0 Å². The molecule has 228 valence electrons. The summed E-state index contributed by atoms with van der Waals surface area (Å²) in [7, 11) is 1.68. The number of methoxy groups -OCH3 is 1. The molecule has 0 aliphatic heterocycles. The number of ether oxygens (including phenoxy) is 2. The minimum absolute atomic E-state index is 0.152. The quantitative estimate of drug-likeness (QED) is 0.128. The van der Waals surface area contributed by atoms with Crippen molar-refractivity contribution < 1.29 is 18.3 Å². The molecule has 0 saturated carbocycles. The number of benzene rings is 4. The molecule has 44 heavy (non-hydrogen) atoms. The van der Waals surface area contributed by atoms with Crippen molar-refractivity contribution in [3.8, 4) is 34.1 Å². The molecule has 0 fully saturated rings. The Kier molecular flexibility index (Phi) is 10.4. The van der Waals surface area contributed by atoms with Crippen LogP contribution in [0.1, 0.15) is 42.1 Å². The van der Waals surface area contributed by atoms with E-state index in [0.29, 0.717) is 19.6 Å². The molecule has 1 heterocycles. The molecule has 0 radical (unpaired) electrons. The van der Waals surface area contributed by atoms with Gasteiger partial charge in [0.1, 0.15) is 17.3 Å². The number of halogens is 2. The summed E-state index contributed by atoms with van der Waals surface area (Å²) in [6.07, 6.45) is 2.07. The van der Waals surface area contributed by atoms with E-state index in [0.717, 1.165) is 59.0 Å². The molecule has 0 bridgehead atoms. The van der Waals surface area contributed by atoms with Gasteiger partial charge in [-0.25, -0.2) is 4.98 Å². The van der Waals surface area contributed by atoms with Crippen LogP contribution >= 0.6 is 0 Å². The number of imidazole rings is 1. The summed E-state index contributed by atoms with van der Waals surface area (Å²) < 4.78 is 38.1. The molecule has 4 aromatic carbocycles. The average Bonchev–Trinajstić information content (AvgIpc) is 3.38. The number of nitrogens with zero attached hydrogens (tertiary/aromatic N) is 3. The highest BCUT2D eigenvalue weighted by atomic mass is 19.3. The van der Waals surface area contributed by atoms with E-state index >= 15 is 0 Å². The van der Waals surface area contributed by atoms with Gasteiger partial charge in [0.2, 0.25) is 0 Å². The number of unbranched alkanes of at least 4 members (excludes halogenated alkanes) is 1. The number of hydrogen-bond donors (Lipinski definition) is 0. The molecule has 0 N–H and O–H groups in total. The lowest BCUT2D eigenvalue weighted by Gasteiger charge is -2.25. The van der Waals surface area contributed by atoms with Gasteiger partial charge in [-0.1, -0.05) is 97.8 Å². The Morgan fingerprint density at radius 2 is 1.50 bits per heavy atom. The molecular formula is C37H39F2N3O2. The predicted octanol–water partition coefficient (Wildman–Crippen LogP) is 9.14. The van der Waals surface area contributed by atoms with Crippen LogP contribution in [0.5, 0.6) is 11.5 Å². The minimum atomic E-state index is -2.85. The van der Waals surface area contributed by atoms with E-state index in [1.807, 2.05) is 48.5 Å². The Morgan fingerprint density at radius 1 is 0.773 bits per heavy atom. The topological polar surface area (TPSA) is 39.5 Å². The van der Waals surface area contributed by atoms with Crippen LogP contribution in [0.4, 0.5) is 8.78 Å². The van der Waals surface area contributed by atoms with Gasteiger partial charge in [-0.05, 0) is 48.7 Å². The van der Waals surface area contributed by atoms with Gasteiger partial charge in [-0.15, -0.1) is 0 Å². The first-order valence-electron chi connectivity index (χ1n) is 15.0. The van der Waals surface area contributed by atoms with Crippen LogP contribution < -0.4 is 9.47 Å². The summed E-state index contributed by atoms with van der Waals surface area (Å²) in [5, 5.41) is 0. The number of aryl methyl sites for hydroxylation is 1. The van der Waals surface area contributed by atoms with Crippen LogP contribution in [-0.2, 0) is 26.2 Å². The smallest absolute Gasteiger partial charge is 0.387 e. The third-order valence-electron chi connectivity index (χ3n) is 7.60. The maximum atomic E-state index is 12.8. The number of hydrogen-bond acceptors (Lipinski definition) is 4. The number of aromatic nitrogens is 2. The fourth-order valence-electron chi connectivity index (χ4n) is 5.50. The summed E-state index contributed by atoms with van der Waals surface area (Å²) >= 11 is 0. The lowest BCUT2D eigenvalue weighted by molar-refractivity contribution is -0.0498. The van der Waals surface area contributed by atoms with Gasteiger partial charge in [0.15, 0.2) is 0 Å². The van der Waals surface area contributed by atoms with E-state index in [1.54, 1.807) is 19.2 Å². The Bertz CT molecular complexity index is 1630. The maximum Gasteiger partial charge on any atom is 0.387 e. The van der Waals surface area contributed by atoms with E-state index < -0.39 is 6.61 Å². The highest BCUT2D eigenvalue weighted by Gasteiger charge is 2.22. The summed E-state index contributed by atoms with van der Waals surface area (Å²) in [5.41, 5.74) is 7.52. The fraction of sp³-hybridized carbons (Fsp3) is 0.270. The molecule has 0 atom stereocenters. The van der Waals surface area contributed by atoms with E-state index in [4.69, 9.17) is 9.72 Å². The molecular weight excluding hydrogens is 556 g/mol. The molecule has 0 amide bonds. The number of rotatable bonds is 14. The van der Waals surface area contributed by atoms with Gasteiger partial charge in [-0.3, -0.25) is 4.90 Å². The SMILES string of the molecule is CCCCn1c(-c2ccccc2)nc(-c2cccc(OC)c2)c1CN(Cc1ccc(OC(F)F)cc1)Cc1cccc(C)c1. The van der Waals surface area contributed by atoms with E-state index in [2.05, 4.69) is 70.5 Å². The molecule has 7 heteroatoms. The third-order valence-corrected chi connectivity index (χ3v) is 7.60. The Morgan fingerprint density at radius 3 is 2.20 bits per heavy atom. The largest absolute Gasteiger partial charge is 0.497 e. The first kappa shape index (κ1) is 31.0. The van der Waals surface area contributed by atoms with Crippen molar-refractivity contribution >= 4 is 0 Å². The molecule has 5 aromatic rings. The molecule has 0 aliphatic rings. The summed E-state index contributed by atoms with van der Waals surface area (Å²) in [6, 6.07) is 33.9. The average molecular weight is 596 g/mol. The molecule has 5 nitrogen and oxygen atoms in total. The van der Waals surface area contributed by atoms with E-state index in [-0.39, 0.29) is 5.75 Å². The number of alkyl halides is 2. The van der Waals surface area contributed by atoms with Crippen LogP contribution in [0.15, 0.2) is 103 Å². The predicted molar refractivity (Wildman–Crippen MR) is 172 cm³/mol. The van der Waals surface area contributed by atoms with Gasteiger partial charge in [0.25, 0.3) is 0 Å². The fourth-order valence-corrected chi connectivity index (χ4v) is 5.50. The summed E-state index contributed by atoms with van der Waals surface area (Å²) in [6.45, 7) is 4.23. The molecule has 5 rings (SSSR count). The van der Waals surface area contributed by atoms with Gasteiger partial charge in [0, 0.05) is 37.3 Å². The van der Waals surface area contributed by atoms with Crippen LogP contribution in [0.25, 0.3) is 22.6 Å². The summed E-state index contributed by atoms with van der Waals surface area (Å²) in [4.78, 5) is 7.68.